The van der Waals surface area contributed by atoms with Crippen molar-refractivity contribution >= 4 is 18.5 Å². The van der Waals surface area contributed by atoms with Crippen molar-refractivity contribution in [2.45, 2.75) is 19.8 Å². The lowest BCUT2D eigenvalue weighted by Gasteiger charge is -2.10. The molecule has 0 heterocycles. The van der Waals surface area contributed by atoms with E-state index in [4.69, 9.17) is 5.11 Å². The van der Waals surface area contributed by atoms with Crippen LogP contribution in [0.25, 0.3) is 0 Å². The summed E-state index contributed by atoms with van der Waals surface area (Å²) in [6.07, 6.45) is 2.64. The Hall–Kier alpha value is -1.45. The smallest absolute Gasteiger partial charge is 0.303 e. The number of carbonyl (C=O) groups is 3. The van der Waals surface area contributed by atoms with Crippen molar-refractivity contribution < 1.29 is 19.5 Å². The Labute approximate surface area is 76.2 Å². The molecule has 0 spiro atoms. The Balaban J connectivity index is 4.47. The average molecular weight is 184 g/mol. The average Bonchev–Trinajstić information content (AvgIpc) is 2.05. The van der Waals surface area contributed by atoms with Crippen LogP contribution in [0, 0.1) is 5.92 Å². The van der Waals surface area contributed by atoms with E-state index in [9.17, 15) is 14.4 Å². The molecule has 0 aliphatic carbocycles. The second-order valence-electron chi connectivity index (χ2n) is 2.60. The van der Waals surface area contributed by atoms with E-state index in [0.29, 0.717) is 18.1 Å². The van der Waals surface area contributed by atoms with Crippen LogP contribution < -0.4 is 0 Å². The first-order chi connectivity index (χ1) is 6.15. The summed E-state index contributed by atoms with van der Waals surface area (Å²) >= 11 is 0. The zero-order valence-electron chi connectivity index (χ0n) is 7.40. The molecule has 13 heavy (non-hydrogen) atoms. The molecule has 72 valence electrons. The van der Waals surface area contributed by atoms with E-state index in [1.165, 1.54) is 6.08 Å². The molecular weight excluding hydrogens is 172 g/mol. The van der Waals surface area contributed by atoms with Gasteiger partial charge in [0.2, 0.25) is 0 Å². The van der Waals surface area contributed by atoms with Crippen LogP contribution in [0.2, 0.25) is 0 Å². The third-order valence-electron chi connectivity index (χ3n) is 1.74. The number of hydrogen-bond acceptors (Lipinski definition) is 3. The molecule has 0 rings (SSSR count). The summed E-state index contributed by atoms with van der Waals surface area (Å²) < 4.78 is 0. The summed E-state index contributed by atoms with van der Waals surface area (Å²) in [5, 5.41) is 8.49. The van der Waals surface area contributed by atoms with Gasteiger partial charge in [-0.3, -0.25) is 9.59 Å². The predicted molar refractivity (Wildman–Crippen MR) is 46.2 cm³/mol. The monoisotopic (exact) mass is 184 g/mol. The molecule has 0 aliphatic heterocycles. The highest BCUT2D eigenvalue weighted by molar-refractivity contribution is 5.77. The van der Waals surface area contributed by atoms with E-state index >= 15 is 0 Å². The summed E-state index contributed by atoms with van der Waals surface area (Å²) in [5.41, 5.74) is 0.370. The summed E-state index contributed by atoms with van der Waals surface area (Å²) in [6, 6.07) is 0. The van der Waals surface area contributed by atoms with Gasteiger partial charge in [0.05, 0.1) is 6.42 Å². The molecule has 0 aromatic carbocycles. The summed E-state index contributed by atoms with van der Waals surface area (Å²) in [7, 11) is 0. The number of carboxylic acid groups (broad SMARTS) is 1. The normalized spacial score (nSPS) is 13.5. The molecule has 0 aliphatic rings. The third kappa shape index (κ3) is 4.20. The Morgan fingerprint density at radius 3 is 2.38 bits per heavy atom. The number of aldehydes is 2. The van der Waals surface area contributed by atoms with Crippen molar-refractivity contribution in [3.8, 4) is 0 Å². The zero-order chi connectivity index (χ0) is 10.3. The molecule has 0 saturated carbocycles. The Bertz CT molecular complexity index is 230. The Morgan fingerprint density at radius 2 is 2.08 bits per heavy atom. The van der Waals surface area contributed by atoms with Crippen LogP contribution in [0.15, 0.2) is 11.6 Å². The van der Waals surface area contributed by atoms with Crippen LogP contribution in [0.4, 0.5) is 0 Å². The highest BCUT2D eigenvalue weighted by atomic mass is 16.4. The molecule has 0 aromatic heterocycles. The van der Waals surface area contributed by atoms with E-state index in [0.717, 1.165) is 0 Å². The van der Waals surface area contributed by atoms with Gasteiger partial charge in [0.25, 0.3) is 0 Å². The van der Waals surface area contributed by atoms with Gasteiger partial charge < -0.3 is 9.90 Å². The molecule has 0 bridgehead atoms. The van der Waals surface area contributed by atoms with Crippen molar-refractivity contribution in [3.63, 3.8) is 0 Å². The standard InChI is InChI=1S/C9H12O4/c1-2-7(6-11)8(3-4-10)5-9(12)13/h2,4,6,8H,3,5H2,1H3,(H,12,13)/b7-2-/t8-/m0/s1. The summed E-state index contributed by atoms with van der Waals surface area (Å²) in [6.45, 7) is 1.64. The minimum absolute atomic E-state index is 0.0741. The highest BCUT2D eigenvalue weighted by Crippen LogP contribution is 2.16. The zero-order valence-corrected chi connectivity index (χ0v) is 7.40. The molecular formula is C9H12O4. The van der Waals surface area contributed by atoms with Gasteiger partial charge in [0.15, 0.2) is 0 Å². The topological polar surface area (TPSA) is 71.4 Å². The first-order valence-electron chi connectivity index (χ1n) is 3.92. The first kappa shape index (κ1) is 11.6. The molecule has 0 saturated heterocycles. The summed E-state index contributed by atoms with van der Waals surface area (Å²) in [4.78, 5) is 31.0. The number of hydrogen-bond donors (Lipinski definition) is 1. The quantitative estimate of drug-likeness (QED) is 0.489. The van der Waals surface area contributed by atoms with Gasteiger partial charge in [-0.15, -0.1) is 0 Å². The van der Waals surface area contributed by atoms with Crippen molar-refractivity contribution in [1.29, 1.82) is 0 Å². The lowest BCUT2D eigenvalue weighted by molar-refractivity contribution is -0.137. The second kappa shape index (κ2) is 6.11. The molecule has 0 amide bonds. The lowest BCUT2D eigenvalue weighted by Crippen LogP contribution is -2.12. The van der Waals surface area contributed by atoms with E-state index in [-0.39, 0.29) is 12.8 Å². The lowest BCUT2D eigenvalue weighted by atomic mass is 9.93. The molecule has 4 nitrogen and oxygen atoms in total. The van der Waals surface area contributed by atoms with Gasteiger partial charge in [0.1, 0.15) is 12.6 Å². The summed E-state index contributed by atoms with van der Waals surface area (Å²) in [5.74, 6) is -1.49. The molecule has 1 atom stereocenters. The minimum Gasteiger partial charge on any atom is -0.481 e. The van der Waals surface area contributed by atoms with Gasteiger partial charge in [-0.05, 0) is 12.5 Å². The van der Waals surface area contributed by atoms with Gasteiger partial charge in [-0.1, -0.05) is 6.08 Å². The van der Waals surface area contributed by atoms with Gasteiger partial charge in [-0.25, -0.2) is 0 Å². The molecule has 0 radical (unpaired) electrons. The number of carbonyl (C=O) groups excluding carboxylic acids is 2. The van der Waals surface area contributed by atoms with E-state index < -0.39 is 11.9 Å². The SMILES string of the molecule is C/C=C(/C=O)[C@@H](CC=O)CC(=O)O. The van der Waals surface area contributed by atoms with Crippen LogP contribution in [-0.2, 0) is 14.4 Å². The van der Waals surface area contributed by atoms with Gasteiger partial charge >= 0.3 is 5.97 Å². The maximum Gasteiger partial charge on any atom is 0.303 e. The maximum atomic E-state index is 10.5. The number of rotatable bonds is 6. The van der Waals surface area contributed by atoms with Gasteiger partial charge in [-0.2, -0.15) is 0 Å². The fraction of sp³-hybridized carbons (Fsp3) is 0.444. The van der Waals surface area contributed by atoms with Crippen LogP contribution >= 0.6 is 0 Å². The second-order valence-corrected chi connectivity index (χ2v) is 2.60. The van der Waals surface area contributed by atoms with Crippen molar-refractivity contribution in [2.75, 3.05) is 0 Å². The fourth-order valence-electron chi connectivity index (χ4n) is 1.06. The maximum absolute atomic E-state index is 10.5. The van der Waals surface area contributed by atoms with E-state index in [1.807, 2.05) is 0 Å². The minimum atomic E-state index is -1.01. The van der Waals surface area contributed by atoms with Crippen molar-refractivity contribution in [3.05, 3.63) is 11.6 Å². The Kier molecular flexibility index (Phi) is 5.43. The largest absolute Gasteiger partial charge is 0.481 e. The first-order valence-corrected chi connectivity index (χ1v) is 3.92. The number of aliphatic carboxylic acids is 1. The number of allylic oxidation sites excluding steroid dienone is 2. The fourth-order valence-corrected chi connectivity index (χ4v) is 1.06. The van der Waals surface area contributed by atoms with Crippen LogP contribution in [0.1, 0.15) is 19.8 Å². The van der Waals surface area contributed by atoms with Crippen molar-refractivity contribution in [2.24, 2.45) is 5.92 Å². The van der Waals surface area contributed by atoms with Gasteiger partial charge in [0, 0.05) is 12.3 Å². The van der Waals surface area contributed by atoms with Crippen LogP contribution in [0.3, 0.4) is 0 Å². The Morgan fingerprint density at radius 1 is 1.46 bits per heavy atom. The molecule has 1 N–H and O–H groups in total. The predicted octanol–water partition coefficient (Wildman–Crippen LogP) is 0.811. The number of carboxylic acids is 1. The van der Waals surface area contributed by atoms with E-state index in [2.05, 4.69) is 0 Å². The molecule has 0 fully saturated rings. The van der Waals surface area contributed by atoms with Crippen LogP contribution in [0.5, 0.6) is 0 Å². The molecule has 0 unspecified atom stereocenters. The highest BCUT2D eigenvalue weighted by Gasteiger charge is 2.16. The van der Waals surface area contributed by atoms with E-state index in [1.54, 1.807) is 6.92 Å². The third-order valence-corrected chi connectivity index (χ3v) is 1.74. The molecule has 4 heteroatoms. The van der Waals surface area contributed by atoms with Crippen molar-refractivity contribution in [1.82, 2.24) is 0 Å². The molecule has 0 aromatic rings. The van der Waals surface area contributed by atoms with Crippen LogP contribution in [-0.4, -0.2) is 23.6 Å².